The van der Waals surface area contributed by atoms with Crippen molar-refractivity contribution in [2.75, 3.05) is 11.8 Å². The van der Waals surface area contributed by atoms with Crippen LogP contribution in [0.5, 0.6) is 5.75 Å². The average Bonchev–Trinajstić information content (AvgIpc) is 2.38. The molecule has 19 heavy (non-hydrogen) atoms. The highest BCUT2D eigenvalue weighted by Gasteiger charge is 2.19. The Morgan fingerprint density at radius 1 is 1.11 bits per heavy atom. The molecular weight excluding hydrogens is 286 g/mol. The van der Waals surface area contributed by atoms with Gasteiger partial charge in [0.15, 0.2) is 0 Å². The maximum Gasteiger partial charge on any atom is 0.265 e. The van der Waals surface area contributed by atoms with Crippen LogP contribution in [0.25, 0.3) is 0 Å². The second kappa shape index (κ2) is 5.50. The highest BCUT2D eigenvalue weighted by Crippen LogP contribution is 2.28. The van der Waals surface area contributed by atoms with E-state index in [0.717, 1.165) is 0 Å². The molecule has 2 aromatic carbocycles. The highest BCUT2D eigenvalue weighted by atomic mass is 35.5. The van der Waals surface area contributed by atoms with Crippen molar-refractivity contribution in [3.8, 4) is 5.75 Å². The van der Waals surface area contributed by atoms with Crippen molar-refractivity contribution in [2.45, 2.75) is 4.90 Å². The lowest BCUT2D eigenvalue weighted by atomic mass is 10.3. The van der Waals surface area contributed by atoms with Gasteiger partial charge in [0.2, 0.25) is 0 Å². The molecule has 0 saturated heterocycles. The molecule has 0 heterocycles. The van der Waals surface area contributed by atoms with Gasteiger partial charge in [0.25, 0.3) is 10.0 Å². The zero-order chi connectivity index (χ0) is 13.9. The number of ether oxygens (including phenoxy) is 1. The number of anilines is 1. The maximum absolute atomic E-state index is 12.3. The molecule has 0 aliphatic carbocycles. The van der Waals surface area contributed by atoms with Crippen LogP contribution in [-0.4, -0.2) is 15.5 Å². The molecule has 0 saturated carbocycles. The number of rotatable bonds is 4. The fourth-order valence-corrected chi connectivity index (χ4v) is 2.95. The lowest BCUT2D eigenvalue weighted by Gasteiger charge is -2.11. The summed E-state index contributed by atoms with van der Waals surface area (Å²) in [5.41, 5.74) is 0.486. The third-order valence-electron chi connectivity index (χ3n) is 2.44. The van der Waals surface area contributed by atoms with Crippen molar-refractivity contribution in [2.24, 2.45) is 0 Å². The molecule has 0 spiro atoms. The predicted octanol–water partition coefficient (Wildman–Crippen LogP) is 3.15. The van der Waals surface area contributed by atoms with Gasteiger partial charge in [-0.3, -0.25) is 4.72 Å². The first kappa shape index (κ1) is 13.7. The van der Waals surface area contributed by atoms with Gasteiger partial charge >= 0.3 is 0 Å². The minimum absolute atomic E-state index is 0.0447. The van der Waals surface area contributed by atoms with Crippen molar-refractivity contribution in [3.63, 3.8) is 0 Å². The van der Waals surface area contributed by atoms with E-state index in [1.165, 1.54) is 25.3 Å². The summed E-state index contributed by atoms with van der Waals surface area (Å²) in [5, 5.41) is 0.413. The number of methoxy groups -OCH3 is 1. The molecule has 0 radical (unpaired) electrons. The number of nitrogens with one attached hydrogen (secondary N) is 1. The van der Waals surface area contributed by atoms with E-state index in [2.05, 4.69) is 4.72 Å². The van der Waals surface area contributed by atoms with Crippen LogP contribution in [0, 0.1) is 0 Å². The zero-order valence-corrected chi connectivity index (χ0v) is 11.7. The number of sulfonamides is 1. The fraction of sp³-hybridized carbons (Fsp3) is 0.0769. The van der Waals surface area contributed by atoms with Gasteiger partial charge in [0.05, 0.1) is 7.11 Å². The van der Waals surface area contributed by atoms with Gasteiger partial charge in [-0.2, -0.15) is 0 Å². The second-order valence-corrected chi connectivity index (χ2v) is 5.85. The number of para-hydroxylation sites is 1. The van der Waals surface area contributed by atoms with Crippen LogP contribution in [0.3, 0.4) is 0 Å². The monoisotopic (exact) mass is 297 g/mol. The summed E-state index contributed by atoms with van der Waals surface area (Å²) < 4.78 is 32.0. The van der Waals surface area contributed by atoms with Crippen LogP contribution < -0.4 is 9.46 Å². The SMILES string of the molecule is COc1cc(Cl)ccc1S(=O)(=O)Nc1ccccc1. The van der Waals surface area contributed by atoms with Crippen LogP contribution in [-0.2, 0) is 10.0 Å². The van der Waals surface area contributed by atoms with E-state index in [1.807, 2.05) is 0 Å². The summed E-state index contributed by atoms with van der Waals surface area (Å²) in [7, 11) is -2.31. The predicted molar refractivity (Wildman–Crippen MR) is 75.3 cm³/mol. The summed E-state index contributed by atoms with van der Waals surface area (Å²) in [6.07, 6.45) is 0. The second-order valence-electron chi connectivity index (χ2n) is 3.77. The first-order valence-electron chi connectivity index (χ1n) is 5.44. The summed E-state index contributed by atoms with van der Waals surface area (Å²) in [5.74, 6) is 0.205. The van der Waals surface area contributed by atoms with Crippen molar-refractivity contribution in [1.29, 1.82) is 0 Å². The quantitative estimate of drug-likeness (QED) is 0.943. The molecule has 0 aliphatic heterocycles. The molecule has 0 amide bonds. The maximum atomic E-state index is 12.3. The minimum Gasteiger partial charge on any atom is -0.495 e. The Hall–Kier alpha value is -1.72. The van der Waals surface area contributed by atoms with Crippen molar-refractivity contribution >= 4 is 27.3 Å². The smallest absolute Gasteiger partial charge is 0.265 e. The number of halogens is 1. The fourth-order valence-electron chi connectivity index (χ4n) is 1.58. The third kappa shape index (κ3) is 3.19. The molecule has 0 aromatic heterocycles. The molecule has 0 aliphatic rings. The Kier molecular flexibility index (Phi) is 3.97. The molecule has 0 unspecified atom stereocenters. The standard InChI is InChI=1S/C13H12ClNO3S/c1-18-12-9-10(14)7-8-13(12)19(16,17)15-11-5-3-2-4-6-11/h2-9,15H,1H3. The van der Waals surface area contributed by atoms with Crippen molar-refractivity contribution < 1.29 is 13.2 Å². The van der Waals surface area contributed by atoms with E-state index in [4.69, 9.17) is 16.3 Å². The molecule has 0 fully saturated rings. The van der Waals surface area contributed by atoms with E-state index in [9.17, 15) is 8.42 Å². The van der Waals surface area contributed by atoms with Gasteiger partial charge in [-0.15, -0.1) is 0 Å². The molecule has 0 atom stereocenters. The zero-order valence-electron chi connectivity index (χ0n) is 10.1. The Balaban J connectivity index is 2.40. The van der Waals surface area contributed by atoms with Crippen LogP contribution >= 0.6 is 11.6 Å². The lowest BCUT2D eigenvalue weighted by Crippen LogP contribution is -2.13. The summed E-state index contributed by atoms with van der Waals surface area (Å²) >= 11 is 5.81. The molecule has 6 heteroatoms. The summed E-state index contributed by atoms with van der Waals surface area (Å²) in [4.78, 5) is 0.0447. The van der Waals surface area contributed by atoms with Gasteiger partial charge in [-0.1, -0.05) is 29.8 Å². The van der Waals surface area contributed by atoms with Gasteiger partial charge in [0.1, 0.15) is 10.6 Å². The van der Waals surface area contributed by atoms with Crippen LogP contribution in [0.15, 0.2) is 53.4 Å². The number of benzene rings is 2. The van der Waals surface area contributed by atoms with E-state index >= 15 is 0 Å². The molecule has 2 aromatic rings. The third-order valence-corrected chi connectivity index (χ3v) is 4.10. The molecule has 1 N–H and O–H groups in total. The summed E-state index contributed by atoms with van der Waals surface area (Å²) in [6.45, 7) is 0. The first-order chi connectivity index (χ1) is 9.03. The van der Waals surface area contributed by atoms with E-state index in [0.29, 0.717) is 10.7 Å². The first-order valence-corrected chi connectivity index (χ1v) is 7.30. The number of hydrogen-bond acceptors (Lipinski definition) is 3. The molecule has 0 bridgehead atoms. The number of hydrogen-bond donors (Lipinski definition) is 1. The van der Waals surface area contributed by atoms with Gasteiger partial charge < -0.3 is 4.74 Å². The Bertz CT molecular complexity index is 672. The van der Waals surface area contributed by atoms with E-state index in [1.54, 1.807) is 30.3 Å². The molecule has 4 nitrogen and oxygen atoms in total. The average molecular weight is 298 g/mol. The van der Waals surface area contributed by atoms with Gasteiger partial charge in [0, 0.05) is 16.8 Å². The van der Waals surface area contributed by atoms with E-state index < -0.39 is 10.0 Å². The summed E-state index contributed by atoms with van der Waals surface area (Å²) in [6, 6.07) is 13.0. The normalized spacial score (nSPS) is 11.1. The minimum atomic E-state index is -3.71. The molecule has 2 rings (SSSR count). The molecular formula is C13H12ClNO3S. The van der Waals surface area contributed by atoms with Crippen LogP contribution in [0.4, 0.5) is 5.69 Å². The van der Waals surface area contributed by atoms with Crippen LogP contribution in [0.1, 0.15) is 0 Å². The van der Waals surface area contributed by atoms with Crippen molar-refractivity contribution in [3.05, 3.63) is 53.6 Å². The Labute approximate surface area is 117 Å². The lowest BCUT2D eigenvalue weighted by molar-refractivity contribution is 0.403. The van der Waals surface area contributed by atoms with Gasteiger partial charge in [-0.25, -0.2) is 8.42 Å². The Morgan fingerprint density at radius 2 is 1.79 bits per heavy atom. The Morgan fingerprint density at radius 3 is 2.42 bits per heavy atom. The van der Waals surface area contributed by atoms with E-state index in [-0.39, 0.29) is 10.6 Å². The molecule has 100 valence electrons. The largest absolute Gasteiger partial charge is 0.495 e. The van der Waals surface area contributed by atoms with Crippen molar-refractivity contribution in [1.82, 2.24) is 0 Å². The van der Waals surface area contributed by atoms with Gasteiger partial charge in [-0.05, 0) is 24.3 Å². The van der Waals surface area contributed by atoms with Crippen LogP contribution in [0.2, 0.25) is 5.02 Å². The topological polar surface area (TPSA) is 55.4 Å². The highest BCUT2D eigenvalue weighted by molar-refractivity contribution is 7.92.